The predicted molar refractivity (Wildman–Crippen MR) is 78.0 cm³/mol. The van der Waals surface area contributed by atoms with Gasteiger partial charge in [0.25, 0.3) is 0 Å². The van der Waals surface area contributed by atoms with Crippen LogP contribution >= 0.6 is 0 Å². The zero-order chi connectivity index (χ0) is 13.9. The minimum absolute atomic E-state index is 0.0558. The highest BCUT2D eigenvalue weighted by Gasteiger charge is 2.11. The van der Waals surface area contributed by atoms with Crippen LogP contribution in [0.1, 0.15) is 66.2 Å². The maximum Gasteiger partial charge on any atom is 0.0897 e. The molecule has 0 amide bonds. The fraction of sp³-hybridized carbons (Fsp3) is 1.00. The summed E-state index contributed by atoms with van der Waals surface area (Å²) in [6.07, 6.45) is 7.25. The summed E-state index contributed by atoms with van der Waals surface area (Å²) in [5, 5.41) is 13.0. The van der Waals surface area contributed by atoms with Crippen molar-refractivity contribution in [2.45, 2.75) is 77.9 Å². The molecule has 0 bridgehead atoms. The molecule has 0 radical (unpaired) electrons. The molecule has 2 N–H and O–H groups in total. The predicted octanol–water partition coefficient (Wildman–Crippen LogP) is 3.11. The Morgan fingerprint density at radius 1 is 1.06 bits per heavy atom. The Balaban J connectivity index is 3.23. The molecule has 0 aliphatic rings. The van der Waals surface area contributed by atoms with Crippen molar-refractivity contribution in [2.24, 2.45) is 0 Å². The highest BCUT2D eigenvalue weighted by atomic mass is 16.5. The number of hydrogen-bond acceptors (Lipinski definition) is 3. The zero-order valence-electron chi connectivity index (χ0n) is 12.8. The molecule has 0 spiro atoms. The van der Waals surface area contributed by atoms with Crippen molar-refractivity contribution in [3.8, 4) is 0 Å². The third-order valence-corrected chi connectivity index (χ3v) is 2.82. The molecule has 18 heavy (non-hydrogen) atoms. The Bertz CT molecular complexity index is 178. The summed E-state index contributed by atoms with van der Waals surface area (Å²) < 4.78 is 5.48. The molecule has 0 fully saturated rings. The van der Waals surface area contributed by atoms with Crippen LogP contribution in [0, 0.1) is 0 Å². The van der Waals surface area contributed by atoms with Gasteiger partial charge in [-0.15, -0.1) is 0 Å². The van der Waals surface area contributed by atoms with Gasteiger partial charge in [-0.2, -0.15) is 0 Å². The van der Waals surface area contributed by atoms with E-state index in [1.165, 1.54) is 32.1 Å². The number of aliphatic hydroxyl groups excluding tert-OH is 1. The Hall–Kier alpha value is -0.120. The lowest BCUT2D eigenvalue weighted by Crippen LogP contribution is -2.42. The van der Waals surface area contributed by atoms with Crippen molar-refractivity contribution < 1.29 is 9.84 Å². The summed E-state index contributed by atoms with van der Waals surface area (Å²) in [6.45, 7) is 10.3. The van der Waals surface area contributed by atoms with Gasteiger partial charge in [-0.3, -0.25) is 0 Å². The van der Waals surface area contributed by atoms with E-state index in [0.29, 0.717) is 13.2 Å². The molecule has 0 aromatic rings. The molecule has 1 atom stereocenters. The van der Waals surface area contributed by atoms with Crippen molar-refractivity contribution >= 4 is 0 Å². The van der Waals surface area contributed by atoms with Crippen LogP contribution in [-0.2, 0) is 4.74 Å². The third kappa shape index (κ3) is 13.9. The fourth-order valence-electron chi connectivity index (χ4n) is 1.69. The van der Waals surface area contributed by atoms with E-state index in [0.717, 1.165) is 13.0 Å². The Morgan fingerprint density at radius 3 is 2.28 bits per heavy atom. The lowest BCUT2D eigenvalue weighted by molar-refractivity contribution is 0.0326. The van der Waals surface area contributed by atoms with Crippen molar-refractivity contribution in [1.29, 1.82) is 0 Å². The second-order valence-corrected chi connectivity index (χ2v) is 6.13. The van der Waals surface area contributed by atoms with Crippen molar-refractivity contribution in [3.63, 3.8) is 0 Å². The van der Waals surface area contributed by atoms with E-state index in [9.17, 15) is 5.11 Å². The van der Waals surface area contributed by atoms with Crippen LogP contribution in [0.25, 0.3) is 0 Å². The quantitative estimate of drug-likeness (QED) is 0.560. The minimum Gasteiger partial charge on any atom is -0.389 e. The number of ether oxygens (including phenoxy) is 1. The summed E-state index contributed by atoms with van der Waals surface area (Å²) >= 11 is 0. The first-order valence-electron chi connectivity index (χ1n) is 7.46. The lowest BCUT2D eigenvalue weighted by atomic mass is 10.1. The van der Waals surface area contributed by atoms with E-state index >= 15 is 0 Å². The summed E-state index contributed by atoms with van der Waals surface area (Å²) in [5.74, 6) is 0. The zero-order valence-corrected chi connectivity index (χ0v) is 12.8. The molecule has 1 unspecified atom stereocenters. The molecular formula is C15H33NO2. The monoisotopic (exact) mass is 259 g/mol. The SMILES string of the molecule is CCCCCCCCOCC(O)CNC(C)(C)C. The molecule has 0 aromatic heterocycles. The lowest BCUT2D eigenvalue weighted by Gasteiger charge is -2.22. The van der Waals surface area contributed by atoms with E-state index in [-0.39, 0.29) is 5.54 Å². The first-order chi connectivity index (χ1) is 8.45. The van der Waals surface area contributed by atoms with Gasteiger partial charge < -0.3 is 15.2 Å². The maximum absolute atomic E-state index is 9.70. The molecule has 0 aliphatic carbocycles. The number of nitrogens with one attached hydrogen (secondary N) is 1. The summed E-state index contributed by atoms with van der Waals surface area (Å²) in [4.78, 5) is 0. The molecule has 0 rings (SSSR count). The van der Waals surface area contributed by atoms with Crippen molar-refractivity contribution in [1.82, 2.24) is 5.32 Å². The molecule has 110 valence electrons. The smallest absolute Gasteiger partial charge is 0.0897 e. The van der Waals surface area contributed by atoms with E-state index in [1.54, 1.807) is 0 Å². The summed E-state index contributed by atoms with van der Waals surface area (Å²) in [7, 11) is 0. The largest absolute Gasteiger partial charge is 0.389 e. The van der Waals surface area contributed by atoms with Crippen LogP contribution in [0.2, 0.25) is 0 Å². The van der Waals surface area contributed by atoms with E-state index in [4.69, 9.17) is 4.74 Å². The highest BCUT2D eigenvalue weighted by molar-refractivity contribution is 4.72. The first kappa shape index (κ1) is 17.9. The van der Waals surface area contributed by atoms with Gasteiger partial charge in [-0.1, -0.05) is 39.0 Å². The van der Waals surface area contributed by atoms with E-state index in [1.807, 2.05) is 0 Å². The summed E-state index contributed by atoms with van der Waals surface area (Å²) in [5.41, 5.74) is 0.0558. The van der Waals surface area contributed by atoms with Gasteiger partial charge in [-0.25, -0.2) is 0 Å². The van der Waals surface area contributed by atoms with E-state index < -0.39 is 6.10 Å². The van der Waals surface area contributed by atoms with E-state index in [2.05, 4.69) is 33.0 Å². The molecule has 3 nitrogen and oxygen atoms in total. The van der Waals surface area contributed by atoms with Gasteiger partial charge in [0.15, 0.2) is 0 Å². The standard InChI is InChI=1S/C15H33NO2/c1-5-6-7-8-9-10-11-18-13-14(17)12-16-15(2,3)4/h14,16-17H,5-13H2,1-4H3. The van der Waals surface area contributed by atoms with Crippen LogP contribution in [0.5, 0.6) is 0 Å². The van der Waals surface area contributed by atoms with Gasteiger partial charge in [0.1, 0.15) is 0 Å². The van der Waals surface area contributed by atoms with Gasteiger partial charge in [0.2, 0.25) is 0 Å². The average Bonchev–Trinajstić information content (AvgIpc) is 2.29. The second-order valence-electron chi connectivity index (χ2n) is 6.13. The molecule has 0 saturated carbocycles. The molecule has 0 aromatic carbocycles. The number of β-amino-alcohol motifs (C(OH)–C–C–N with tert-alkyl or cyclic N) is 1. The second kappa shape index (κ2) is 10.8. The van der Waals surface area contributed by atoms with Crippen LogP contribution in [0.3, 0.4) is 0 Å². The average molecular weight is 259 g/mol. The van der Waals surface area contributed by atoms with Crippen LogP contribution in [0.4, 0.5) is 0 Å². The topological polar surface area (TPSA) is 41.5 Å². The third-order valence-electron chi connectivity index (χ3n) is 2.82. The summed E-state index contributed by atoms with van der Waals surface area (Å²) in [6, 6.07) is 0. The molecular weight excluding hydrogens is 226 g/mol. The van der Waals surface area contributed by atoms with Gasteiger partial charge in [0.05, 0.1) is 12.7 Å². The molecule has 0 heterocycles. The van der Waals surface area contributed by atoms with Gasteiger partial charge in [-0.05, 0) is 27.2 Å². The van der Waals surface area contributed by atoms with Gasteiger partial charge >= 0.3 is 0 Å². The number of aliphatic hydroxyl groups is 1. The van der Waals surface area contributed by atoms with Gasteiger partial charge in [0, 0.05) is 18.7 Å². The Morgan fingerprint density at radius 2 is 1.67 bits per heavy atom. The normalized spacial score (nSPS) is 13.8. The van der Waals surface area contributed by atoms with Crippen molar-refractivity contribution in [2.75, 3.05) is 19.8 Å². The minimum atomic E-state index is -0.399. The first-order valence-corrected chi connectivity index (χ1v) is 7.46. The Labute approximate surface area is 113 Å². The fourth-order valence-corrected chi connectivity index (χ4v) is 1.69. The van der Waals surface area contributed by atoms with Crippen LogP contribution in [0.15, 0.2) is 0 Å². The van der Waals surface area contributed by atoms with Crippen molar-refractivity contribution in [3.05, 3.63) is 0 Å². The molecule has 0 saturated heterocycles. The molecule has 0 aliphatic heterocycles. The molecule has 3 heteroatoms. The Kier molecular flexibility index (Phi) is 10.7. The van der Waals surface area contributed by atoms with Crippen LogP contribution < -0.4 is 5.32 Å². The maximum atomic E-state index is 9.70. The number of hydrogen-bond donors (Lipinski definition) is 2. The number of unbranched alkanes of at least 4 members (excludes halogenated alkanes) is 5. The highest BCUT2D eigenvalue weighted by Crippen LogP contribution is 2.05. The number of rotatable bonds is 11. The van der Waals surface area contributed by atoms with Crippen LogP contribution in [-0.4, -0.2) is 36.5 Å².